The molecule has 0 saturated carbocycles. The molecule has 0 radical (unpaired) electrons. The Kier molecular flexibility index (Phi) is 2.04. The van der Waals surface area contributed by atoms with Gasteiger partial charge < -0.3 is 0 Å². The summed E-state index contributed by atoms with van der Waals surface area (Å²) in [7, 11) is 0. The van der Waals surface area contributed by atoms with E-state index in [4.69, 9.17) is 0 Å². The topological polar surface area (TPSA) is 47.8 Å². The van der Waals surface area contributed by atoms with Crippen LogP contribution in [0.3, 0.4) is 0 Å². The van der Waals surface area contributed by atoms with Crippen molar-refractivity contribution in [1.29, 1.82) is 0 Å². The van der Waals surface area contributed by atoms with Crippen molar-refractivity contribution in [1.82, 2.24) is 15.0 Å². The van der Waals surface area contributed by atoms with Crippen LogP contribution in [0.4, 0.5) is 0 Å². The van der Waals surface area contributed by atoms with Crippen LogP contribution in [0.25, 0.3) is 10.9 Å². The van der Waals surface area contributed by atoms with Gasteiger partial charge in [0.2, 0.25) is 0 Å². The van der Waals surface area contributed by atoms with Gasteiger partial charge in [-0.2, -0.15) is 0 Å². The third-order valence-electron chi connectivity index (χ3n) is 2.18. The lowest BCUT2D eigenvalue weighted by atomic mass is 10.2. The molecule has 1 aromatic heterocycles. The Bertz CT molecular complexity index is 530. The summed E-state index contributed by atoms with van der Waals surface area (Å²) in [6.45, 7) is 4.39. The van der Waals surface area contributed by atoms with Crippen LogP contribution in [0.15, 0.2) is 23.0 Å². The highest BCUT2D eigenvalue weighted by atomic mass is 16.1. The molecule has 0 aliphatic carbocycles. The minimum absolute atomic E-state index is 0.0718. The molecule has 0 atom stereocenters. The minimum atomic E-state index is -0.0718. The summed E-state index contributed by atoms with van der Waals surface area (Å²) in [5, 5.41) is 8.44. The van der Waals surface area contributed by atoms with Crippen molar-refractivity contribution in [3.63, 3.8) is 0 Å². The van der Waals surface area contributed by atoms with Crippen molar-refractivity contribution in [2.45, 2.75) is 20.4 Å². The van der Waals surface area contributed by atoms with Crippen molar-refractivity contribution < 1.29 is 0 Å². The molecule has 4 heteroatoms. The van der Waals surface area contributed by atoms with Crippen LogP contribution < -0.4 is 5.56 Å². The molecule has 0 aliphatic rings. The van der Waals surface area contributed by atoms with E-state index in [1.807, 2.05) is 26.0 Å². The molecule has 2 aromatic rings. The molecule has 4 nitrogen and oxygen atoms in total. The van der Waals surface area contributed by atoms with Crippen LogP contribution >= 0.6 is 0 Å². The molecule has 1 heterocycles. The number of hydrogen-bond donors (Lipinski definition) is 0. The molecular formula is C10H11N3O. The summed E-state index contributed by atoms with van der Waals surface area (Å²) in [6, 6.07) is 5.57. The zero-order valence-corrected chi connectivity index (χ0v) is 8.19. The second-order valence-corrected chi connectivity index (χ2v) is 3.23. The monoisotopic (exact) mass is 189 g/mol. The van der Waals surface area contributed by atoms with Gasteiger partial charge in [0.15, 0.2) is 0 Å². The number of rotatable bonds is 1. The Morgan fingerprint density at radius 2 is 2.21 bits per heavy atom. The first-order valence-corrected chi connectivity index (χ1v) is 4.56. The van der Waals surface area contributed by atoms with Gasteiger partial charge in [0.05, 0.1) is 5.39 Å². The highest BCUT2D eigenvalue weighted by molar-refractivity contribution is 5.77. The lowest BCUT2D eigenvalue weighted by Gasteiger charge is -2.01. The number of aromatic nitrogens is 3. The van der Waals surface area contributed by atoms with Crippen LogP contribution in [0, 0.1) is 6.92 Å². The fourth-order valence-corrected chi connectivity index (χ4v) is 1.39. The Balaban J connectivity index is 2.84. The van der Waals surface area contributed by atoms with Gasteiger partial charge >= 0.3 is 0 Å². The van der Waals surface area contributed by atoms with Crippen LogP contribution in [-0.4, -0.2) is 15.0 Å². The average molecular weight is 189 g/mol. The normalized spacial score (nSPS) is 10.7. The number of nitrogens with zero attached hydrogens (tertiary/aromatic N) is 3. The van der Waals surface area contributed by atoms with E-state index in [0.717, 1.165) is 5.56 Å². The maximum Gasteiger partial charge on any atom is 0.277 e. The predicted molar refractivity (Wildman–Crippen MR) is 54.2 cm³/mol. The fourth-order valence-electron chi connectivity index (χ4n) is 1.39. The van der Waals surface area contributed by atoms with E-state index >= 15 is 0 Å². The molecule has 2 rings (SSSR count). The summed E-state index contributed by atoms with van der Waals surface area (Å²) in [6.07, 6.45) is 0. The minimum Gasteiger partial charge on any atom is -0.267 e. The van der Waals surface area contributed by atoms with E-state index in [-0.39, 0.29) is 5.56 Å². The third-order valence-corrected chi connectivity index (χ3v) is 2.18. The zero-order valence-electron chi connectivity index (χ0n) is 8.19. The van der Waals surface area contributed by atoms with Gasteiger partial charge in [-0.15, -0.1) is 5.10 Å². The van der Waals surface area contributed by atoms with Crippen molar-refractivity contribution in [2.24, 2.45) is 0 Å². The summed E-state index contributed by atoms with van der Waals surface area (Å²) in [5.74, 6) is 0. The van der Waals surface area contributed by atoms with Gasteiger partial charge in [-0.05, 0) is 31.5 Å². The second kappa shape index (κ2) is 3.21. The number of aryl methyl sites for hydroxylation is 2. The molecule has 0 bridgehead atoms. The third kappa shape index (κ3) is 1.28. The maximum absolute atomic E-state index is 11.7. The Hall–Kier alpha value is -1.71. The molecule has 0 unspecified atom stereocenters. The zero-order chi connectivity index (χ0) is 10.1. The molecule has 0 amide bonds. The summed E-state index contributed by atoms with van der Waals surface area (Å²) < 4.78 is 1.36. The van der Waals surface area contributed by atoms with E-state index in [9.17, 15) is 4.79 Å². The van der Waals surface area contributed by atoms with Gasteiger partial charge in [-0.25, -0.2) is 4.68 Å². The highest BCUT2D eigenvalue weighted by Gasteiger charge is 2.03. The quantitative estimate of drug-likeness (QED) is 0.675. The van der Waals surface area contributed by atoms with Crippen molar-refractivity contribution in [3.8, 4) is 0 Å². The van der Waals surface area contributed by atoms with E-state index in [1.165, 1.54) is 4.68 Å². The molecule has 72 valence electrons. The van der Waals surface area contributed by atoms with Gasteiger partial charge in [0.25, 0.3) is 5.56 Å². The van der Waals surface area contributed by atoms with Crippen LogP contribution in [0.1, 0.15) is 12.5 Å². The van der Waals surface area contributed by atoms with Crippen molar-refractivity contribution in [3.05, 3.63) is 34.1 Å². The van der Waals surface area contributed by atoms with E-state index in [1.54, 1.807) is 6.07 Å². The Morgan fingerprint density at radius 1 is 1.43 bits per heavy atom. The van der Waals surface area contributed by atoms with Gasteiger partial charge in [-0.1, -0.05) is 11.3 Å². The predicted octanol–water partition coefficient (Wildman–Crippen LogP) is 1.12. The van der Waals surface area contributed by atoms with Gasteiger partial charge in [-0.3, -0.25) is 4.79 Å². The lowest BCUT2D eigenvalue weighted by Crippen LogP contribution is -2.23. The van der Waals surface area contributed by atoms with Gasteiger partial charge in [0, 0.05) is 6.54 Å². The number of hydrogen-bond acceptors (Lipinski definition) is 3. The molecule has 0 N–H and O–H groups in total. The second-order valence-electron chi connectivity index (χ2n) is 3.23. The van der Waals surface area contributed by atoms with Crippen LogP contribution in [0.2, 0.25) is 0 Å². The molecule has 1 aromatic carbocycles. The maximum atomic E-state index is 11.7. The summed E-state index contributed by atoms with van der Waals surface area (Å²) in [4.78, 5) is 11.7. The van der Waals surface area contributed by atoms with E-state index in [0.29, 0.717) is 17.4 Å². The smallest absolute Gasteiger partial charge is 0.267 e. The van der Waals surface area contributed by atoms with Crippen molar-refractivity contribution >= 4 is 10.9 Å². The summed E-state index contributed by atoms with van der Waals surface area (Å²) >= 11 is 0. The average Bonchev–Trinajstić information content (AvgIpc) is 2.18. The highest BCUT2D eigenvalue weighted by Crippen LogP contribution is 2.07. The van der Waals surface area contributed by atoms with E-state index < -0.39 is 0 Å². The number of fused-ring (bicyclic) bond motifs is 1. The first-order chi connectivity index (χ1) is 6.72. The molecule has 14 heavy (non-hydrogen) atoms. The molecule has 0 spiro atoms. The first kappa shape index (κ1) is 8.87. The molecule has 0 fully saturated rings. The fraction of sp³-hybridized carbons (Fsp3) is 0.300. The number of benzene rings is 1. The van der Waals surface area contributed by atoms with Crippen molar-refractivity contribution in [2.75, 3.05) is 0 Å². The Labute approximate surface area is 81.2 Å². The lowest BCUT2D eigenvalue weighted by molar-refractivity contribution is 0.581. The largest absolute Gasteiger partial charge is 0.277 e. The van der Waals surface area contributed by atoms with E-state index in [2.05, 4.69) is 10.3 Å². The van der Waals surface area contributed by atoms with Gasteiger partial charge in [0.1, 0.15) is 5.52 Å². The van der Waals surface area contributed by atoms with Crippen LogP contribution in [-0.2, 0) is 6.54 Å². The molecular weight excluding hydrogens is 178 g/mol. The van der Waals surface area contributed by atoms with Crippen LogP contribution in [0.5, 0.6) is 0 Å². The Morgan fingerprint density at radius 3 is 2.93 bits per heavy atom. The molecule has 0 saturated heterocycles. The summed E-state index contributed by atoms with van der Waals surface area (Å²) in [5.41, 5.74) is 1.68. The standard InChI is InChI=1S/C10H11N3O/c1-3-13-10(14)8-5-4-7(2)6-9(8)11-12-13/h4-6H,3H2,1-2H3. The molecule has 0 aliphatic heterocycles. The SMILES string of the molecule is CCn1nnc2cc(C)ccc2c1=O. The first-order valence-electron chi connectivity index (χ1n) is 4.56.